The van der Waals surface area contributed by atoms with Crippen LogP contribution in [-0.4, -0.2) is 47.2 Å². The largest absolute Gasteiger partial charge is 0.368 e. The predicted molar refractivity (Wildman–Crippen MR) is 112 cm³/mol. The van der Waals surface area contributed by atoms with Crippen LogP contribution in [0.25, 0.3) is 0 Å². The minimum absolute atomic E-state index is 0.249. The predicted octanol–water partition coefficient (Wildman–Crippen LogP) is 4.59. The van der Waals surface area contributed by atoms with E-state index in [9.17, 15) is 17.6 Å². The third-order valence-electron chi connectivity index (χ3n) is 5.33. The van der Waals surface area contributed by atoms with Crippen LogP contribution in [0, 0.1) is 24.0 Å². The molecule has 3 N–H and O–H groups in total. The molecular weight excluding hydrogens is 396 g/mol. The van der Waals surface area contributed by atoms with Gasteiger partial charge in [0.15, 0.2) is 17.5 Å². The maximum atomic E-state index is 13.7. The van der Waals surface area contributed by atoms with Gasteiger partial charge in [-0.1, -0.05) is 12.2 Å². The van der Waals surface area contributed by atoms with Crippen molar-refractivity contribution in [2.24, 2.45) is 5.73 Å². The Kier molecular flexibility index (Phi) is 7.34. The van der Waals surface area contributed by atoms with Crippen LogP contribution >= 0.6 is 0 Å². The van der Waals surface area contributed by atoms with Crippen LogP contribution in [0.3, 0.4) is 0 Å². The van der Waals surface area contributed by atoms with Crippen molar-refractivity contribution in [1.82, 2.24) is 9.80 Å². The second-order valence-electron chi connectivity index (χ2n) is 8.18. The van der Waals surface area contributed by atoms with Gasteiger partial charge in [-0.05, 0) is 50.5 Å². The van der Waals surface area contributed by atoms with E-state index in [0.717, 1.165) is 24.3 Å². The lowest BCUT2D eigenvalue weighted by atomic mass is 9.98. The molecule has 1 unspecified atom stereocenters. The van der Waals surface area contributed by atoms with Crippen LogP contribution < -0.4 is 5.73 Å². The molecule has 1 aromatic carbocycles. The number of allylic oxidation sites excluding steroid dienone is 1. The van der Waals surface area contributed by atoms with Gasteiger partial charge in [-0.25, -0.2) is 8.78 Å². The Balaban J connectivity index is 2.05. The number of alkyl halides is 2. The van der Waals surface area contributed by atoms with Crippen molar-refractivity contribution in [3.63, 3.8) is 0 Å². The van der Waals surface area contributed by atoms with Gasteiger partial charge < -0.3 is 15.5 Å². The molecule has 0 radical (unpaired) electrons. The Hall–Kier alpha value is -2.35. The number of hydrogen-bond donors (Lipinski definition) is 2. The van der Waals surface area contributed by atoms with Crippen LogP contribution in [0.4, 0.5) is 17.6 Å². The Morgan fingerprint density at radius 3 is 2.40 bits per heavy atom. The molecule has 166 valence electrons. The third-order valence-corrected chi connectivity index (χ3v) is 5.33. The number of rotatable bonds is 6. The van der Waals surface area contributed by atoms with E-state index in [-0.39, 0.29) is 12.6 Å². The number of benzene rings is 1. The third kappa shape index (κ3) is 5.62. The minimum atomic E-state index is -3.22. The molecule has 1 fully saturated rings. The zero-order chi connectivity index (χ0) is 22.8. The summed E-state index contributed by atoms with van der Waals surface area (Å²) < 4.78 is 54.2. The molecule has 8 heteroatoms. The number of nitrogens with zero attached hydrogens (tertiary/aromatic N) is 2. The number of amidine groups is 1. The Morgan fingerprint density at radius 2 is 1.83 bits per heavy atom. The van der Waals surface area contributed by atoms with Gasteiger partial charge >= 0.3 is 5.92 Å². The van der Waals surface area contributed by atoms with Crippen LogP contribution in [-0.2, 0) is 6.42 Å². The number of hydrogen-bond acceptors (Lipinski definition) is 3. The highest BCUT2D eigenvalue weighted by Crippen LogP contribution is 2.27. The Labute approximate surface area is 175 Å². The summed E-state index contributed by atoms with van der Waals surface area (Å²) in [7, 11) is 0. The summed E-state index contributed by atoms with van der Waals surface area (Å²) in [5.41, 5.74) is 9.76. The maximum Gasteiger partial charge on any atom is 0.301 e. The molecule has 1 heterocycles. The molecule has 0 bridgehead atoms. The lowest BCUT2D eigenvalue weighted by molar-refractivity contribution is 0.0810. The van der Waals surface area contributed by atoms with Crippen molar-refractivity contribution in [3.05, 3.63) is 58.4 Å². The van der Waals surface area contributed by atoms with E-state index in [0.29, 0.717) is 42.8 Å². The zero-order valence-electron chi connectivity index (χ0n) is 18.0. The molecule has 1 aliphatic heterocycles. The minimum Gasteiger partial charge on any atom is -0.368 e. The van der Waals surface area contributed by atoms with E-state index in [1.807, 2.05) is 18.7 Å². The highest BCUT2D eigenvalue weighted by atomic mass is 19.3. The van der Waals surface area contributed by atoms with Gasteiger partial charge in [0.2, 0.25) is 0 Å². The fourth-order valence-corrected chi connectivity index (χ4v) is 3.58. The molecule has 30 heavy (non-hydrogen) atoms. The van der Waals surface area contributed by atoms with E-state index in [4.69, 9.17) is 11.1 Å². The first-order chi connectivity index (χ1) is 13.8. The summed E-state index contributed by atoms with van der Waals surface area (Å²) in [5.74, 6) is -5.72. The van der Waals surface area contributed by atoms with E-state index in [1.165, 1.54) is 11.0 Å². The molecule has 1 aliphatic rings. The molecule has 1 saturated heterocycles. The van der Waals surface area contributed by atoms with Gasteiger partial charge in [0.05, 0.1) is 6.54 Å². The fraction of sp³-hybridized carbons (Fsp3) is 0.500. The molecule has 0 amide bonds. The standard InChI is InChI=1S/C22H30F4N4/c1-13(2)20-12-29(6-7-30(20)21(28)22(5,25)26)15(4)9-17(27)10-16-11-19(24)18(23)8-14(16)3/h8,11,17,28H,4,6-7,9-10,12,27H2,1-3,5H3. The molecule has 1 aromatic rings. The number of aryl methyl sites for hydroxylation is 1. The number of halogens is 4. The lowest BCUT2D eigenvalue weighted by Gasteiger charge is -2.42. The van der Waals surface area contributed by atoms with Crippen molar-refractivity contribution in [3.8, 4) is 0 Å². The van der Waals surface area contributed by atoms with E-state index in [1.54, 1.807) is 6.92 Å². The smallest absolute Gasteiger partial charge is 0.301 e. The van der Waals surface area contributed by atoms with Crippen LogP contribution in [0.2, 0.25) is 0 Å². The molecule has 0 aliphatic carbocycles. The van der Waals surface area contributed by atoms with Crippen molar-refractivity contribution >= 4 is 5.84 Å². The molecule has 0 saturated carbocycles. The molecular formula is C22H30F4N4. The van der Waals surface area contributed by atoms with E-state index in [2.05, 4.69) is 6.58 Å². The average molecular weight is 427 g/mol. The van der Waals surface area contributed by atoms with E-state index >= 15 is 0 Å². The number of nitrogens with two attached hydrogens (primary N) is 1. The van der Waals surface area contributed by atoms with Gasteiger partial charge in [0.1, 0.15) is 0 Å². The second-order valence-corrected chi connectivity index (χ2v) is 8.18. The highest BCUT2D eigenvalue weighted by Gasteiger charge is 2.36. The first-order valence-corrected chi connectivity index (χ1v) is 9.84. The van der Waals surface area contributed by atoms with E-state index < -0.39 is 23.4 Å². The molecule has 0 aromatic heterocycles. The zero-order valence-corrected chi connectivity index (χ0v) is 18.0. The summed E-state index contributed by atoms with van der Waals surface area (Å²) in [5, 5.41) is 7.85. The Bertz CT molecular complexity index is 853. The SMILES string of the molecule is C=C(CC(N)Cc1cc(F)c(F)cc1C)N1CCN(C(=N)C(C)(F)F)C(=C(C)C)C1. The first kappa shape index (κ1) is 23.9. The van der Waals surface area contributed by atoms with Crippen molar-refractivity contribution in [1.29, 1.82) is 5.41 Å². The second kappa shape index (κ2) is 9.20. The summed E-state index contributed by atoms with van der Waals surface area (Å²) in [6, 6.07) is 1.97. The molecule has 1 atom stereocenters. The number of piperazine rings is 1. The maximum absolute atomic E-state index is 13.7. The summed E-state index contributed by atoms with van der Waals surface area (Å²) in [6.45, 7) is 11.2. The Morgan fingerprint density at radius 1 is 1.23 bits per heavy atom. The van der Waals surface area contributed by atoms with Gasteiger partial charge in [0, 0.05) is 43.9 Å². The van der Waals surface area contributed by atoms with Crippen molar-refractivity contribution in [2.45, 2.75) is 52.5 Å². The van der Waals surface area contributed by atoms with Crippen LogP contribution in [0.5, 0.6) is 0 Å². The van der Waals surface area contributed by atoms with Crippen molar-refractivity contribution in [2.75, 3.05) is 19.6 Å². The van der Waals surface area contributed by atoms with Gasteiger partial charge in [-0.2, -0.15) is 8.78 Å². The normalized spacial score (nSPS) is 16.0. The van der Waals surface area contributed by atoms with Crippen LogP contribution in [0.1, 0.15) is 38.3 Å². The summed E-state index contributed by atoms with van der Waals surface area (Å²) >= 11 is 0. The topological polar surface area (TPSA) is 56.4 Å². The number of nitrogens with one attached hydrogen (secondary N) is 1. The van der Waals surface area contributed by atoms with Gasteiger partial charge in [0.25, 0.3) is 0 Å². The van der Waals surface area contributed by atoms with Crippen molar-refractivity contribution < 1.29 is 17.6 Å². The summed E-state index contributed by atoms with van der Waals surface area (Å²) in [4.78, 5) is 3.33. The molecule has 0 spiro atoms. The quantitative estimate of drug-likeness (QED) is 0.397. The molecule has 4 nitrogen and oxygen atoms in total. The first-order valence-electron chi connectivity index (χ1n) is 9.84. The summed E-state index contributed by atoms with van der Waals surface area (Å²) in [6.07, 6.45) is 0.792. The average Bonchev–Trinajstić information content (AvgIpc) is 2.64. The van der Waals surface area contributed by atoms with Crippen LogP contribution in [0.15, 0.2) is 35.7 Å². The molecule has 2 rings (SSSR count). The van der Waals surface area contributed by atoms with Gasteiger partial charge in [-0.3, -0.25) is 5.41 Å². The fourth-order valence-electron chi connectivity index (χ4n) is 3.58. The monoisotopic (exact) mass is 426 g/mol. The highest BCUT2D eigenvalue weighted by molar-refractivity contribution is 5.87. The lowest BCUT2D eigenvalue weighted by Crippen LogP contribution is -2.51. The van der Waals surface area contributed by atoms with Gasteiger partial charge in [-0.15, -0.1) is 0 Å².